The number of amides is 1. The summed E-state index contributed by atoms with van der Waals surface area (Å²) in [5.41, 5.74) is 7.08. The lowest BCUT2D eigenvalue weighted by Crippen LogP contribution is -2.38. The Hall–Kier alpha value is -3.05. The molecule has 1 aromatic heterocycles. The second-order valence-corrected chi connectivity index (χ2v) is 7.66. The molecule has 0 bridgehead atoms. The standard InChI is InChI=1S/C20H27ClN4O2.C2HF3O2/c1-15(2)25(10-3-6-22)20(26)16-12-17(21)14-19(13-16)27-11-9-24-18-4-7-23-8-5-18;3-2(4,5)1(6)7/h4-5,7-8,12-15H,3,6,9-11,22H2,1-2H3,(H,23,24);(H,6,7). The highest BCUT2D eigenvalue weighted by Crippen LogP contribution is 2.23. The first kappa shape index (κ1) is 29.0. The fourth-order valence-corrected chi connectivity index (χ4v) is 2.85. The number of aliphatic carboxylic acids is 1. The van der Waals surface area contributed by atoms with Crippen molar-refractivity contribution in [2.75, 3.05) is 31.6 Å². The molecular formula is C22H28ClF3N4O4. The van der Waals surface area contributed by atoms with Gasteiger partial charge in [0.1, 0.15) is 12.4 Å². The highest BCUT2D eigenvalue weighted by Gasteiger charge is 2.38. The fraction of sp³-hybridized carbons (Fsp3) is 0.409. The summed E-state index contributed by atoms with van der Waals surface area (Å²) >= 11 is 6.20. The van der Waals surface area contributed by atoms with Gasteiger partial charge in [0, 0.05) is 47.8 Å². The zero-order valence-corrected chi connectivity index (χ0v) is 19.6. The normalized spacial score (nSPS) is 10.8. The zero-order chi connectivity index (χ0) is 25.7. The number of carbonyl (C=O) groups excluding carboxylic acids is 1. The van der Waals surface area contributed by atoms with Gasteiger partial charge in [-0.05, 0) is 57.1 Å². The lowest BCUT2D eigenvalue weighted by atomic mass is 10.1. The number of hydrogen-bond donors (Lipinski definition) is 3. The van der Waals surface area contributed by atoms with Gasteiger partial charge in [0.15, 0.2) is 0 Å². The third kappa shape index (κ3) is 10.7. The first-order valence-corrected chi connectivity index (χ1v) is 10.7. The highest BCUT2D eigenvalue weighted by atomic mass is 35.5. The Morgan fingerprint density at radius 1 is 1.24 bits per heavy atom. The van der Waals surface area contributed by atoms with E-state index < -0.39 is 12.1 Å². The molecule has 1 heterocycles. The molecule has 0 unspecified atom stereocenters. The number of carboxylic acid groups (broad SMARTS) is 1. The van der Waals surface area contributed by atoms with E-state index in [4.69, 9.17) is 32.0 Å². The van der Waals surface area contributed by atoms with Gasteiger partial charge in [0.2, 0.25) is 0 Å². The van der Waals surface area contributed by atoms with Crippen molar-refractivity contribution in [3.05, 3.63) is 53.3 Å². The van der Waals surface area contributed by atoms with Gasteiger partial charge in [0.05, 0.1) is 0 Å². The Kier molecular flexibility index (Phi) is 12.2. The number of ether oxygens (including phenoxy) is 1. The monoisotopic (exact) mass is 504 g/mol. The fourth-order valence-electron chi connectivity index (χ4n) is 2.63. The number of carbonyl (C=O) groups is 2. The van der Waals surface area contributed by atoms with Crippen molar-refractivity contribution in [1.29, 1.82) is 0 Å². The first-order chi connectivity index (χ1) is 16.0. The lowest BCUT2D eigenvalue weighted by molar-refractivity contribution is -0.192. The largest absolute Gasteiger partial charge is 0.492 e. The van der Waals surface area contributed by atoms with Crippen LogP contribution >= 0.6 is 11.6 Å². The van der Waals surface area contributed by atoms with Crippen LogP contribution in [-0.4, -0.2) is 65.3 Å². The molecule has 8 nitrogen and oxygen atoms in total. The summed E-state index contributed by atoms with van der Waals surface area (Å²) in [7, 11) is 0. The molecule has 34 heavy (non-hydrogen) atoms. The second kappa shape index (κ2) is 14.3. The van der Waals surface area contributed by atoms with Gasteiger partial charge in [-0.2, -0.15) is 13.2 Å². The molecule has 2 aromatic rings. The van der Waals surface area contributed by atoms with Crippen LogP contribution in [0.4, 0.5) is 18.9 Å². The van der Waals surface area contributed by atoms with Crippen LogP contribution in [0.5, 0.6) is 5.75 Å². The van der Waals surface area contributed by atoms with E-state index in [1.165, 1.54) is 0 Å². The molecule has 0 atom stereocenters. The van der Waals surface area contributed by atoms with E-state index in [0.29, 0.717) is 42.6 Å². The van der Waals surface area contributed by atoms with Gasteiger partial charge in [0.25, 0.3) is 5.91 Å². The molecule has 0 aliphatic rings. The Labute approximate surface area is 200 Å². The van der Waals surface area contributed by atoms with Crippen LogP contribution in [0.3, 0.4) is 0 Å². The van der Waals surface area contributed by atoms with Crippen molar-refractivity contribution in [3.8, 4) is 5.75 Å². The van der Waals surface area contributed by atoms with Gasteiger partial charge in [-0.3, -0.25) is 9.78 Å². The number of carboxylic acids is 1. The van der Waals surface area contributed by atoms with Crippen molar-refractivity contribution in [1.82, 2.24) is 9.88 Å². The van der Waals surface area contributed by atoms with Crippen molar-refractivity contribution >= 4 is 29.2 Å². The van der Waals surface area contributed by atoms with Crippen molar-refractivity contribution in [2.24, 2.45) is 5.73 Å². The Balaban J connectivity index is 0.000000718. The van der Waals surface area contributed by atoms with Gasteiger partial charge < -0.3 is 25.8 Å². The number of aromatic nitrogens is 1. The van der Waals surface area contributed by atoms with E-state index in [1.807, 2.05) is 26.0 Å². The van der Waals surface area contributed by atoms with Gasteiger partial charge in [-0.1, -0.05) is 11.6 Å². The van der Waals surface area contributed by atoms with Crippen LogP contribution in [-0.2, 0) is 4.79 Å². The van der Waals surface area contributed by atoms with E-state index in [9.17, 15) is 18.0 Å². The lowest BCUT2D eigenvalue weighted by Gasteiger charge is -2.27. The topological polar surface area (TPSA) is 118 Å². The van der Waals surface area contributed by atoms with E-state index >= 15 is 0 Å². The predicted molar refractivity (Wildman–Crippen MR) is 123 cm³/mol. The van der Waals surface area contributed by atoms with E-state index in [2.05, 4.69) is 10.3 Å². The highest BCUT2D eigenvalue weighted by molar-refractivity contribution is 6.31. The number of alkyl halides is 3. The Morgan fingerprint density at radius 3 is 2.38 bits per heavy atom. The number of benzene rings is 1. The summed E-state index contributed by atoms with van der Waals surface area (Å²) in [4.78, 5) is 27.5. The maximum atomic E-state index is 12.9. The molecule has 4 N–H and O–H groups in total. The van der Waals surface area contributed by atoms with Crippen molar-refractivity contribution in [2.45, 2.75) is 32.5 Å². The number of rotatable bonds is 10. The average molecular weight is 505 g/mol. The summed E-state index contributed by atoms with van der Waals surface area (Å²) in [6.45, 7) is 6.20. The van der Waals surface area contributed by atoms with Crippen molar-refractivity contribution in [3.63, 3.8) is 0 Å². The van der Waals surface area contributed by atoms with E-state index in [-0.39, 0.29) is 11.9 Å². The molecule has 1 amide bonds. The van der Waals surface area contributed by atoms with Crippen LogP contribution in [0.25, 0.3) is 0 Å². The number of halogens is 4. The molecule has 188 valence electrons. The minimum absolute atomic E-state index is 0.0688. The van der Waals surface area contributed by atoms with Gasteiger partial charge in [-0.15, -0.1) is 0 Å². The second-order valence-electron chi connectivity index (χ2n) is 7.22. The van der Waals surface area contributed by atoms with E-state index in [0.717, 1.165) is 12.1 Å². The Bertz CT molecular complexity index is 915. The summed E-state index contributed by atoms with van der Waals surface area (Å²) in [5, 5.41) is 10.8. The number of nitrogens with zero attached hydrogens (tertiary/aromatic N) is 2. The quantitative estimate of drug-likeness (QED) is 0.418. The maximum Gasteiger partial charge on any atom is 0.490 e. The number of anilines is 1. The summed E-state index contributed by atoms with van der Waals surface area (Å²) in [6.07, 6.45) is -0.874. The molecule has 0 saturated carbocycles. The minimum atomic E-state index is -5.08. The number of nitrogens with one attached hydrogen (secondary N) is 1. The van der Waals surface area contributed by atoms with Crippen molar-refractivity contribution < 1.29 is 32.6 Å². The number of pyridine rings is 1. The van der Waals surface area contributed by atoms with Crippen LogP contribution in [0.2, 0.25) is 5.02 Å². The predicted octanol–water partition coefficient (Wildman–Crippen LogP) is 4.06. The third-order valence-electron chi connectivity index (χ3n) is 4.23. The third-order valence-corrected chi connectivity index (χ3v) is 4.45. The molecule has 0 aliphatic heterocycles. The summed E-state index contributed by atoms with van der Waals surface area (Å²) in [6, 6.07) is 8.97. The maximum absolute atomic E-state index is 12.9. The summed E-state index contributed by atoms with van der Waals surface area (Å²) in [5.74, 6) is -2.25. The number of nitrogens with two attached hydrogens (primary N) is 1. The number of hydrogen-bond acceptors (Lipinski definition) is 6. The first-order valence-electron chi connectivity index (χ1n) is 10.3. The molecule has 0 fully saturated rings. The van der Waals surface area contributed by atoms with Crippen LogP contribution in [0.15, 0.2) is 42.7 Å². The van der Waals surface area contributed by atoms with Gasteiger partial charge >= 0.3 is 12.1 Å². The zero-order valence-electron chi connectivity index (χ0n) is 18.8. The molecule has 0 radical (unpaired) electrons. The molecule has 0 saturated heterocycles. The SMILES string of the molecule is CC(C)N(CCCN)C(=O)c1cc(Cl)cc(OCCNc2ccncc2)c1.O=C(O)C(F)(F)F. The molecule has 12 heteroatoms. The molecule has 2 rings (SSSR count). The molecule has 0 aliphatic carbocycles. The summed E-state index contributed by atoms with van der Waals surface area (Å²) < 4.78 is 37.5. The van der Waals surface area contributed by atoms with E-state index in [1.54, 1.807) is 35.5 Å². The van der Waals surface area contributed by atoms with Gasteiger partial charge in [-0.25, -0.2) is 4.79 Å². The minimum Gasteiger partial charge on any atom is -0.492 e. The Morgan fingerprint density at radius 2 is 1.85 bits per heavy atom. The molecular weight excluding hydrogens is 477 g/mol. The van der Waals surface area contributed by atoms with Crippen LogP contribution in [0.1, 0.15) is 30.6 Å². The van der Waals surface area contributed by atoms with Crippen LogP contribution < -0.4 is 15.8 Å². The van der Waals surface area contributed by atoms with Crippen LogP contribution in [0, 0.1) is 0 Å². The molecule has 1 aromatic carbocycles. The average Bonchev–Trinajstić information content (AvgIpc) is 2.77. The molecule has 0 spiro atoms. The smallest absolute Gasteiger partial charge is 0.490 e.